The summed E-state index contributed by atoms with van der Waals surface area (Å²) < 4.78 is 27.3. The monoisotopic (exact) mass is 474 g/mol. The number of imidazole rings is 1. The molecule has 172 valence electrons. The summed E-state index contributed by atoms with van der Waals surface area (Å²) in [6.07, 6.45) is 1.79. The number of nitrogen functional groups attached to an aromatic ring is 1. The van der Waals surface area contributed by atoms with Crippen molar-refractivity contribution in [2.75, 3.05) is 10.6 Å². The minimum absolute atomic E-state index is 0.0130. The van der Waals surface area contributed by atoms with Gasteiger partial charge in [-0.25, -0.2) is 13.2 Å². The Hall–Kier alpha value is -4.11. The molecule has 1 aliphatic rings. The molecule has 0 spiro atoms. The topological polar surface area (TPSA) is 118 Å². The molecular formula is C25H22N4O4S. The average Bonchev–Trinajstić information content (AvgIpc) is 3.38. The van der Waals surface area contributed by atoms with Crippen molar-refractivity contribution in [3.05, 3.63) is 101 Å². The number of fused-ring (bicyclic) bond motifs is 1. The average molecular weight is 475 g/mol. The molecule has 8 nitrogen and oxygen atoms in total. The first-order valence-electron chi connectivity index (χ1n) is 10.7. The van der Waals surface area contributed by atoms with Gasteiger partial charge in [0.2, 0.25) is 0 Å². The number of aromatic amines is 1. The maximum absolute atomic E-state index is 13.3. The molecule has 34 heavy (non-hydrogen) atoms. The number of nitrogens with zero attached hydrogens (tertiary/aromatic N) is 2. The quantitative estimate of drug-likeness (QED) is 0.440. The number of amides is 1. The van der Waals surface area contributed by atoms with E-state index in [0.29, 0.717) is 38.6 Å². The Labute approximate surface area is 196 Å². The van der Waals surface area contributed by atoms with Crippen molar-refractivity contribution in [1.82, 2.24) is 8.96 Å². The first-order chi connectivity index (χ1) is 16.3. The molecule has 0 aliphatic carbocycles. The number of nitrogens with two attached hydrogens (primary N) is 1. The van der Waals surface area contributed by atoms with Crippen molar-refractivity contribution < 1.29 is 13.2 Å². The number of H-pyrrole nitrogens is 1. The summed E-state index contributed by atoms with van der Waals surface area (Å²) in [4.78, 5) is 29.9. The van der Waals surface area contributed by atoms with Gasteiger partial charge in [0.25, 0.3) is 15.9 Å². The van der Waals surface area contributed by atoms with Crippen LogP contribution in [0, 0.1) is 0 Å². The minimum atomic E-state index is -4.13. The maximum Gasteiger partial charge on any atom is 0.340 e. The number of carbonyl (C=O) groups is 1. The second-order valence-electron chi connectivity index (χ2n) is 8.28. The largest absolute Gasteiger partial charge is 0.399 e. The summed E-state index contributed by atoms with van der Waals surface area (Å²) in [6, 6.07) is 20.1. The molecule has 0 saturated carbocycles. The van der Waals surface area contributed by atoms with Crippen LogP contribution in [0.3, 0.4) is 0 Å². The van der Waals surface area contributed by atoms with Gasteiger partial charge in [-0.15, -0.1) is 0 Å². The summed E-state index contributed by atoms with van der Waals surface area (Å²) in [6.45, 7) is 1.91. The molecule has 0 fully saturated rings. The molecule has 1 amide bonds. The van der Waals surface area contributed by atoms with Crippen LogP contribution in [-0.4, -0.2) is 29.3 Å². The zero-order valence-electron chi connectivity index (χ0n) is 18.3. The molecule has 2 heterocycles. The van der Waals surface area contributed by atoms with E-state index in [1.165, 1.54) is 12.3 Å². The number of hydrogen-bond acceptors (Lipinski definition) is 5. The van der Waals surface area contributed by atoms with Crippen LogP contribution >= 0.6 is 0 Å². The zero-order valence-corrected chi connectivity index (χ0v) is 19.1. The van der Waals surface area contributed by atoms with Crippen LogP contribution in [0.15, 0.2) is 88.7 Å². The predicted molar refractivity (Wildman–Crippen MR) is 130 cm³/mol. The highest BCUT2D eigenvalue weighted by Crippen LogP contribution is 2.35. The lowest BCUT2D eigenvalue weighted by Gasteiger charge is -2.23. The second kappa shape index (κ2) is 8.03. The van der Waals surface area contributed by atoms with Crippen LogP contribution in [0.4, 0.5) is 11.4 Å². The Kier molecular flexibility index (Phi) is 5.13. The first kappa shape index (κ1) is 21.7. The number of hydrogen-bond donors (Lipinski definition) is 2. The van der Waals surface area contributed by atoms with Gasteiger partial charge in [0.15, 0.2) is 0 Å². The number of carbonyl (C=O) groups excluding carboxylic acids is 1. The number of aromatic nitrogens is 2. The van der Waals surface area contributed by atoms with Gasteiger partial charge in [0.1, 0.15) is 0 Å². The summed E-state index contributed by atoms with van der Waals surface area (Å²) in [5.74, 6) is -0.184. The van der Waals surface area contributed by atoms with Crippen molar-refractivity contribution in [2.24, 2.45) is 0 Å². The van der Waals surface area contributed by atoms with E-state index < -0.39 is 15.7 Å². The van der Waals surface area contributed by atoms with E-state index in [1.54, 1.807) is 65.6 Å². The molecule has 3 N–H and O–H groups in total. The Morgan fingerprint density at radius 3 is 2.44 bits per heavy atom. The molecule has 0 radical (unpaired) electrons. The lowest BCUT2D eigenvalue weighted by molar-refractivity contribution is 0.0981. The Morgan fingerprint density at radius 1 is 1.03 bits per heavy atom. The van der Waals surface area contributed by atoms with Crippen LogP contribution in [0.2, 0.25) is 0 Å². The van der Waals surface area contributed by atoms with Crippen LogP contribution < -0.4 is 16.3 Å². The van der Waals surface area contributed by atoms with Crippen molar-refractivity contribution in [3.8, 4) is 11.3 Å². The van der Waals surface area contributed by atoms with E-state index in [0.717, 1.165) is 5.56 Å². The van der Waals surface area contributed by atoms with Crippen molar-refractivity contribution in [3.63, 3.8) is 0 Å². The smallest absolute Gasteiger partial charge is 0.340 e. The molecule has 1 atom stereocenters. The van der Waals surface area contributed by atoms with E-state index in [2.05, 4.69) is 4.98 Å². The summed E-state index contributed by atoms with van der Waals surface area (Å²) in [5.41, 5.74) is 8.54. The Balaban J connectivity index is 1.50. The van der Waals surface area contributed by atoms with E-state index in [4.69, 9.17) is 5.73 Å². The highest BCUT2D eigenvalue weighted by Gasteiger charge is 2.33. The number of benzene rings is 3. The van der Waals surface area contributed by atoms with Crippen LogP contribution in [0.5, 0.6) is 0 Å². The molecule has 0 bridgehead atoms. The third-order valence-electron chi connectivity index (χ3n) is 5.97. The van der Waals surface area contributed by atoms with Gasteiger partial charge in [-0.1, -0.05) is 30.3 Å². The third-order valence-corrected chi connectivity index (χ3v) is 7.61. The maximum atomic E-state index is 13.3. The predicted octanol–water partition coefficient (Wildman–Crippen LogP) is 3.25. The fourth-order valence-electron chi connectivity index (χ4n) is 4.28. The fourth-order valence-corrected chi connectivity index (χ4v) is 5.54. The van der Waals surface area contributed by atoms with Crippen LogP contribution in [0.25, 0.3) is 11.3 Å². The molecular weight excluding hydrogens is 452 g/mol. The van der Waals surface area contributed by atoms with Gasteiger partial charge in [-0.05, 0) is 66.9 Å². The van der Waals surface area contributed by atoms with Gasteiger partial charge in [-0.2, -0.15) is 3.97 Å². The molecule has 1 aromatic heterocycles. The highest BCUT2D eigenvalue weighted by molar-refractivity contribution is 7.90. The standard InChI is InChI=1S/C25H22N4O4S/c1-16-13-19-14-21(11-12-23(19)29(16)24(30)18-7-9-20(26)10-8-18)34(32,33)28-15-22(27-25(28)31)17-5-3-2-4-6-17/h2-12,14-16H,13,26H2,1H3,(H,27,31). The summed E-state index contributed by atoms with van der Waals surface area (Å²) in [5, 5.41) is 0. The van der Waals surface area contributed by atoms with Gasteiger partial charge in [-0.3, -0.25) is 4.79 Å². The van der Waals surface area contributed by atoms with Crippen molar-refractivity contribution in [2.45, 2.75) is 24.3 Å². The number of nitrogens with one attached hydrogen (secondary N) is 1. The Morgan fingerprint density at radius 2 is 1.74 bits per heavy atom. The lowest BCUT2D eigenvalue weighted by atomic mass is 10.1. The molecule has 3 aromatic carbocycles. The van der Waals surface area contributed by atoms with Crippen LogP contribution in [0.1, 0.15) is 22.8 Å². The van der Waals surface area contributed by atoms with Crippen LogP contribution in [-0.2, 0) is 16.4 Å². The molecule has 9 heteroatoms. The zero-order chi connectivity index (χ0) is 24.0. The lowest BCUT2D eigenvalue weighted by Crippen LogP contribution is -2.35. The van der Waals surface area contributed by atoms with Crippen molar-refractivity contribution in [1.29, 1.82) is 0 Å². The van der Waals surface area contributed by atoms with E-state index in [1.807, 2.05) is 13.0 Å². The molecule has 0 saturated heterocycles. The second-order valence-corrected chi connectivity index (χ2v) is 10.1. The summed E-state index contributed by atoms with van der Waals surface area (Å²) >= 11 is 0. The normalized spacial score (nSPS) is 15.3. The third kappa shape index (κ3) is 3.60. The van der Waals surface area contributed by atoms with Gasteiger partial charge < -0.3 is 15.6 Å². The molecule has 1 unspecified atom stereocenters. The van der Waals surface area contributed by atoms with Gasteiger partial charge in [0.05, 0.1) is 16.8 Å². The van der Waals surface area contributed by atoms with E-state index in [-0.39, 0.29) is 16.8 Å². The van der Waals surface area contributed by atoms with E-state index in [9.17, 15) is 18.0 Å². The van der Waals surface area contributed by atoms with E-state index >= 15 is 0 Å². The molecule has 4 aromatic rings. The SMILES string of the molecule is CC1Cc2cc(S(=O)(=O)n3cc(-c4ccccc4)[nH]c3=O)ccc2N1C(=O)c1ccc(N)cc1. The number of anilines is 2. The Bertz CT molecular complexity index is 1550. The minimum Gasteiger partial charge on any atom is -0.399 e. The van der Waals surface area contributed by atoms with Crippen molar-refractivity contribution >= 4 is 27.3 Å². The number of rotatable bonds is 4. The molecule has 5 rings (SSSR count). The molecule has 1 aliphatic heterocycles. The fraction of sp³-hybridized carbons (Fsp3) is 0.120. The highest BCUT2D eigenvalue weighted by atomic mass is 32.2. The summed E-state index contributed by atoms with van der Waals surface area (Å²) in [7, 11) is -4.13. The van der Waals surface area contributed by atoms with Gasteiger partial charge >= 0.3 is 5.69 Å². The first-order valence-corrected chi connectivity index (χ1v) is 12.1. The van der Waals surface area contributed by atoms with Gasteiger partial charge in [0, 0.05) is 23.0 Å².